The lowest BCUT2D eigenvalue weighted by molar-refractivity contribution is 0.102. The number of hydrogen-bond acceptors (Lipinski definition) is 4. The Bertz CT molecular complexity index is 570. The molecular formula is C14H15N3O2. The smallest absolute Gasteiger partial charge is 0.257 e. The molecule has 0 aliphatic heterocycles. The molecule has 0 bridgehead atoms. The Morgan fingerprint density at radius 3 is 2.89 bits per heavy atom. The normalized spacial score (nSPS) is 9.95. The van der Waals surface area contributed by atoms with Gasteiger partial charge < -0.3 is 15.8 Å². The molecule has 0 saturated heterocycles. The number of carbonyl (C=O) groups excluding carboxylic acids is 1. The number of aromatic nitrogens is 1. The molecule has 0 radical (unpaired) electrons. The number of pyridine rings is 1. The van der Waals surface area contributed by atoms with Crippen LogP contribution in [0.5, 0.6) is 5.75 Å². The van der Waals surface area contributed by atoms with Gasteiger partial charge in [-0.15, -0.1) is 0 Å². The fourth-order valence-electron chi connectivity index (χ4n) is 1.60. The highest BCUT2D eigenvalue weighted by molar-refractivity contribution is 6.05. The van der Waals surface area contributed by atoms with Crippen molar-refractivity contribution in [3.63, 3.8) is 0 Å². The van der Waals surface area contributed by atoms with Crippen molar-refractivity contribution >= 4 is 17.3 Å². The molecule has 0 aliphatic rings. The van der Waals surface area contributed by atoms with Crippen LogP contribution in [-0.2, 0) is 0 Å². The summed E-state index contributed by atoms with van der Waals surface area (Å²) < 4.78 is 5.33. The molecule has 1 aromatic heterocycles. The van der Waals surface area contributed by atoms with E-state index in [4.69, 9.17) is 10.5 Å². The number of benzene rings is 1. The first-order chi connectivity index (χ1) is 9.20. The van der Waals surface area contributed by atoms with Gasteiger partial charge in [-0.05, 0) is 31.2 Å². The lowest BCUT2D eigenvalue weighted by Crippen LogP contribution is -2.13. The Labute approximate surface area is 111 Å². The highest BCUT2D eigenvalue weighted by Crippen LogP contribution is 2.24. The molecule has 2 rings (SSSR count). The van der Waals surface area contributed by atoms with Gasteiger partial charge in [-0.1, -0.05) is 0 Å². The molecule has 1 amide bonds. The summed E-state index contributed by atoms with van der Waals surface area (Å²) >= 11 is 0. The Morgan fingerprint density at radius 2 is 2.26 bits per heavy atom. The summed E-state index contributed by atoms with van der Waals surface area (Å²) in [7, 11) is 0. The molecule has 19 heavy (non-hydrogen) atoms. The summed E-state index contributed by atoms with van der Waals surface area (Å²) in [6.07, 6.45) is 3.11. The highest BCUT2D eigenvalue weighted by Gasteiger charge is 2.08. The maximum atomic E-state index is 11.9. The third-order valence-electron chi connectivity index (χ3n) is 2.51. The first-order valence-electron chi connectivity index (χ1n) is 5.94. The van der Waals surface area contributed by atoms with Crippen molar-refractivity contribution < 1.29 is 9.53 Å². The molecule has 98 valence electrons. The van der Waals surface area contributed by atoms with E-state index < -0.39 is 0 Å². The van der Waals surface area contributed by atoms with Crippen molar-refractivity contribution in [1.82, 2.24) is 4.98 Å². The number of hydrogen-bond donors (Lipinski definition) is 2. The van der Waals surface area contributed by atoms with Gasteiger partial charge in [0.25, 0.3) is 5.91 Å². The Kier molecular flexibility index (Phi) is 3.97. The van der Waals surface area contributed by atoms with Crippen LogP contribution in [0.2, 0.25) is 0 Å². The average Bonchev–Trinajstić information content (AvgIpc) is 2.43. The molecular weight excluding hydrogens is 242 g/mol. The van der Waals surface area contributed by atoms with E-state index >= 15 is 0 Å². The van der Waals surface area contributed by atoms with E-state index in [1.54, 1.807) is 36.5 Å². The molecule has 0 spiro atoms. The summed E-state index contributed by atoms with van der Waals surface area (Å²) in [5, 5.41) is 2.74. The van der Waals surface area contributed by atoms with Crippen LogP contribution in [0.4, 0.5) is 11.4 Å². The minimum Gasteiger partial charge on any atom is -0.494 e. The molecule has 1 heterocycles. The molecule has 0 saturated carbocycles. The SMILES string of the molecule is CCOc1ccc(NC(=O)c2cccnc2)c(N)c1. The molecule has 5 heteroatoms. The number of anilines is 2. The third-order valence-corrected chi connectivity index (χ3v) is 2.51. The van der Waals surface area contributed by atoms with E-state index in [1.807, 2.05) is 6.92 Å². The molecule has 0 unspecified atom stereocenters. The zero-order valence-electron chi connectivity index (χ0n) is 10.6. The number of nitrogens with zero attached hydrogens (tertiary/aromatic N) is 1. The predicted octanol–water partition coefficient (Wildman–Crippen LogP) is 2.31. The molecule has 5 nitrogen and oxygen atoms in total. The van der Waals surface area contributed by atoms with Crippen LogP contribution in [0.25, 0.3) is 0 Å². The zero-order valence-corrected chi connectivity index (χ0v) is 10.6. The van der Waals surface area contributed by atoms with Crippen molar-refractivity contribution in [2.45, 2.75) is 6.92 Å². The van der Waals surface area contributed by atoms with Crippen LogP contribution < -0.4 is 15.8 Å². The summed E-state index contributed by atoms with van der Waals surface area (Å²) in [6, 6.07) is 8.55. The van der Waals surface area contributed by atoms with Crippen LogP contribution in [0.1, 0.15) is 17.3 Å². The Morgan fingerprint density at radius 1 is 1.42 bits per heavy atom. The maximum Gasteiger partial charge on any atom is 0.257 e. The van der Waals surface area contributed by atoms with Crippen molar-refractivity contribution in [3.8, 4) is 5.75 Å². The number of carbonyl (C=O) groups is 1. The maximum absolute atomic E-state index is 11.9. The molecule has 0 atom stereocenters. The van der Waals surface area contributed by atoms with Crippen LogP contribution in [0.3, 0.4) is 0 Å². The van der Waals surface area contributed by atoms with E-state index in [0.29, 0.717) is 29.3 Å². The van der Waals surface area contributed by atoms with E-state index in [2.05, 4.69) is 10.3 Å². The van der Waals surface area contributed by atoms with Crippen molar-refractivity contribution in [1.29, 1.82) is 0 Å². The van der Waals surface area contributed by atoms with Crippen LogP contribution >= 0.6 is 0 Å². The van der Waals surface area contributed by atoms with Crippen molar-refractivity contribution in [2.75, 3.05) is 17.7 Å². The molecule has 2 aromatic rings. The quantitative estimate of drug-likeness (QED) is 0.824. The number of rotatable bonds is 4. The number of ether oxygens (including phenoxy) is 1. The predicted molar refractivity (Wildman–Crippen MR) is 74.2 cm³/mol. The largest absolute Gasteiger partial charge is 0.494 e. The summed E-state index contributed by atoms with van der Waals surface area (Å²) in [4.78, 5) is 15.8. The molecule has 1 aromatic carbocycles. The van der Waals surface area contributed by atoms with Gasteiger partial charge in [0.1, 0.15) is 5.75 Å². The number of nitrogens with one attached hydrogen (secondary N) is 1. The van der Waals surface area contributed by atoms with Gasteiger partial charge in [0, 0.05) is 18.5 Å². The number of amides is 1. The van der Waals surface area contributed by atoms with Crippen LogP contribution in [0, 0.1) is 0 Å². The Balaban J connectivity index is 2.13. The monoisotopic (exact) mass is 257 g/mol. The first kappa shape index (κ1) is 12.9. The third kappa shape index (κ3) is 3.22. The van der Waals surface area contributed by atoms with Gasteiger partial charge in [0.2, 0.25) is 0 Å². The Hall–Kier alpha value is -2.56. The lowest BCUT2D eigenvalue weighted by Gasteiger charge is -2.10. The van der Waals surface area contributed by atoms with E-state index in [0.717, 1.165) is 0 Å². The van der Waals surface area contributed by atoms with E-state index in [9.17, 15) is 4.79 Å². The average molecular weight is 257 g/mol. The van der Waals surface area contributed by atoms with Gasteiger partial charge in [-0.25, -0.2) is 0 Å². The van der Waals surface area contributed by atoms with Gasteiger partial charge in [-0.3, -0.25) is 9.78 Å². The van der Waals surface area contributed by atoms with E-state index in [1.165, 1.54) is 6.20 Å². The second-order valence-corrected chi connectivity index (χ2v) is 3.88. The van der Waals surface area contributed by atoms with Crippen LogP contribution in [0.15, 0.2) is 42.7 Å². The number of nitrogen functional groups attached to an aromatic ring is 1. The summed E-state index contributed by atoms with van der Waals surface area (Å²) in [5.41, 5.74) is 7.36. The van der Waals surface area contributed by atoms with Crippen molar-refractivity contribution in [3.05, 3.63) is 48.3 Å². The second kappa shape index (κ2) is 5.86. The molecule has 3 N–H and O–H groups in total. The molecule has 0 aliphatic carbocycles. The second-order valence-electron chi connectivity index (χ2n) is 3.88. The van der Waals surface area contributed by atoms with Gasteiger partial charge in [0.05, 0.1) is 23.5 Å². The topological polar surface area (TPSA) is 77.2 Å². The van der Waals surface area contributed by atoms with Gasteiger partial charge >= 0.3 is 0 Å². The first-order valence-corrected chi connectivity index (χ1v) is 5.94. The number of nitrogens with two attached hydrogens (primary N) is 1. The molecule has 0 fully saturated rings. The van der Waals surface area contributed by atoms with Crippen molar-refractivity contribution in [2.24, 2.45) is 0 Å². The van der Waals surface area contributed by atoms with Crippen LogP contribution in [-0.4, -0.2) is 17.5 Å². The fourth-order valence-corrected chi connectivity index (χ4v) is 1.60. The highest BCUT2D eigenvalue weighted by atomic mass is 16.5. The zero-order chi connectivity index (χ0) is 13.7. The van der Waals surface area contributed by atoms with E-state index in [-0.39, 0.29) is 5.91 Å². The van der Waals surface area contributed by atoms with Gasteiger partial charge in [0.15, 0.2) is 0 Å². The summed E-state index contributed by atoms with van der Waals surface area (Å²) in [5.74, 6) is 0.434. The lowest BCUT2D eigenvalue weighted by atomic mass is 10.2. The minimum absolute atomic E-state index is 0.246. The summed E-state index contributed by atoms with van der Waals surface area (Å²) in [6.45, 7) is 2.47. The standard InChI is InChI=1S/C14H15N3O2/c1-2-19-11-5-6-13(12(15)8-11)17-14(18)10-4-3-7-16-9-10/h3-9H,2,15H2,1H3,(H,17,18). The fraction of sp³-hybridized carbons (Fsp3) is 0.143. The van der Waals surface area contributed by atoms with Gasteiger partial charge in [-0.2, -0.15) is 0 Å². The minimum atomic E-state index is -0.246.